The molecule has 1 aromatic heterocycles. The Morgan fingerprint density at radius 2 is 2.54 bits per heavy atom. The zero-order chi connectivity index (χ0) is 9.31. The molecule has 0 aromatic carbocycles. The van der Waals surface area contributed by atoms with Crippen molar-refractivity contribution in [1.29, 1.82) is 0 Å². The molecule has 0 saturated carbocycles. The molecular formula is C8H12FN3O. The lowest BCUT2D eigenvalue weighted by Gasteiger charge is -2.10. The second kappa shape index (κ2) is 3.06. The molecule has 13 heavy (non-hydrogen) atoms. The fraction of sp³-hybridized carbons (Fsp3) is 0.750. The van der Waals surface area contributed by atoms with Gasteiger partial charge in [0.1, 0.15) is 0 Å². The number of halogens is 1. The van der Waals surface area contributed by atoms with Gasteiger partial charge >= 0.3 is 0 Å². The van der Waals surface area contributed by atoms with Crippen LogP contribution in [0.2, 0.25) is 0 Å². The first-order valence-electron chi connectivity index (χ1n) is 4.47. The first-order valence-corrected chi connectivity index (χ1v) is 4.47. The number of aromatic nitrogens is 2. The van der Waals surface area contributed by atoms with E-state index in [4.69, 9.17) is 4.52 Å². The average molecular weight is 185 g/mol. The van der Waals surface area contributed by atoms with E-state index in [1.165, 1.54) is 0 Å². The van der Waals surface area contributed by atoms with Crippen LogP contribution in [-0.4, -0.2) is 23.2 Å². The number of hydrogen-bond donors (Lipinski definition) is 1. The molecule has 1 saturated heterocycles. The molecule has 1 aliphatic heterocycles. The summed E-state index contributed by atoms with van der Waals surface area (Å²) in [6, 6.07) is 0. The van der Waals surface area contributed by atoms with Gasteiger partial charge in [-0.1, -0.05) is 12.1 Å². The Balaban J connectivity index is 2.23. The highest BCUT2D eigenvalue weighted by Gasteiger charge is 2.41. The van der Waals surface area contributed by atoms with E-state index in [0.717, 1.165) is 0 Å². The summed E-state index contributed by atoms with van der Waals surface area (Å²) in [6.07, 6.45) is 1.09. The largest absolute Gasteiger partial charge is 0.336 e. The molecule has 0 bridgehead atoms. The maximum atomic E-state index is 13.9. The van der Waals surface area contributed by atoms with Crippen molar-refractivity contribution in [2.24, 2.45) is 0 Å². The van der Waals surface area contributed by atoms with Gasteiger partial charge in [-0.05, 0) is 6.54 Å². The molecule has 1 aromatic rings. The van der Waals surface area contributed by atoms with Crippen molar-refractivity contribution in [3.05, 3.63) is 11.7 Å². The lowest BCUT2D eigenvalue weighted by Crippen LogP contribution is -2.23. The molecule has 4 nitrogen and oxygen atoms in total. The van der Waals surface area contributed by atoms with Crippen molar-refractivity contribution in [3.63, 3.8) is 0 Å². The van der Waals surface area contributed by atoms with Gasteiger partial charge < -0.3 is 9.84 Å². The minimum Gasteiger partial charge on any atom is -0.336 e. The van der Waals surface area contributed by atoms with Gasteiger partial charge in [-0.15, -0.1) is 0 Å². The highest BCUT2D eigenvalue weighted by molar-refractivity contribution is 5.03. The standard InChI is InChI=1S/C8H12FN3O/c1-2-6-11-7(13-12-6)8(9)3-4-10-5-8/h10H,2-5H2,1H3. The second-order valence-electron chi connectivity index (χ2n) is 3.26. The Morgan fingerprint density at radius 1 is 1.69 bits per heavy atom. The van der Waals surface area contributed by atoms with E-state index in [2.05, 4.69) is 15.5 Å². The zero-order valence-electron chi connectivity index (χ0n) is 7.51. The molecule has 0 aliphatic carbocycles. The normalized spacial score (nSPS) is 28.2. The van der Waals surface area contributed by atoms with Crippen molar-refractivity contribution in [2.75, 3.05) is 13.1 Å². The molecule has 72 valence electrons. The van der Waals surface area contributed by atoms with Crippen LogP contribution in [0.4, 0.5) is 4.39 Å². The summed E-state index contributed by atoms with van der Waals surface area (Å²) in [6.45, 7) is 2.85. The van der Waals surface area contributed by atoms with Crippen molar-refractivity contribution in [1.82, 2.24) is 15.5 Å². The maximum Gasteiger partial charge on any atom is 0.265 e. The Kier molecular flexibility index (Phi) is 2.03. The first kappa shape index (κ1) is 8.62. The Morgan fingerprint density at radius 3 is 3.08 bits per heavy atom. The maximum absolute atomic E-state index is 13.9. The first-order chi connectivity index (χ1) is 6.24. The number of nitrogens with zero attached hydrogens (tertiary/aromatic N) is 2. The van der Waals surface area contributed by atoms with E-state index in [-0.39, 0.29) is 12.4 Å². The molecule has 0 radical (unpaired) electrons. The van der Waals surface area contributed by atoms with Crippen LogP contribution in [-0.2, 0) is 12.1 Å². The highest BCUT2D eigenvalue weighted by Crippen LogP contribution is 2.30. The molecule has 2 rings (SSSR count). The van der Waals surface area contributed by atoms with Gasteiger partial charge in [-0.25, -0.2) is 4.39 Å². The number of rotatable bonds is 2. The van der Waals surface area contributed by atoms with E-state index in [9.17, 15) is 4.39 Å². The highest BCUT2D eigenvalue weighted by atomic mass is 19.1. The zero-order valence-corrected chi connectivity index (χ0v) is 7.51. The van der Waals surface area contributed by atoms with Crippen LogP contribution in [0.25, 0.3) is 0 Å². The SMILES string of the molecule is CCc1noc(C2(F)CCNC2)n1. The molecule has 5 heteroatoms. The van der Waals surface area contributed by atoms with Crippen LogP contribution >= 0.6 is 0 Å². The molecule has 1 unspecified atom stereocenters. The molecule has 1 atom stereocenters. The Bertz CT molecular complexity index is 293. The minimum atomic E-state index is -1.44. The van der Waals surface area contributed by atoms with Gasteiger partial charge in [0.25, 0.3) is 5.89 Å². The molecule has 0 amide bonds. The molecule has 1 fully saturated rings. The fourth-order valence-corrected chi connectivity index (χ4v) is 1.42. The minimum absolute atomic E-state index is 0.120. The van der Waals surface area contributed by atoms with Crippen LogP contribution in [0.1, 0.15) is 25.1 Å². The van der Waals surface area contributed by atoms with Gasteiger partial charge in [-0.3, -0.25) is 0 Å². The molecule has 1 N–H and O–H groups in total. The summed E-state index contributed by atoms with van der Waals surface area (Å²) >= 11 is 0. The summed E-state index contributed by atoms with van der Waals surface area (Å²) in [5.41, 5.74) is -1.44. The van der Waals surface area contributed by atoms with Gasteiger partial charge in [0, 0.05) is 19.4 Å². The Labute approximate surface area is 75.5 Å². The topological polar surface area (TPSA) is 51.0 Å². The average Bonchev–Trinajstić information content (AvgIpc) is 2.72. The quantitative estimate of drug-likeness (QED) is 0.740. The Hall–Kier alpha value is -0.970. The van der Waals surface area contributed by atoms with Crippen LogP contribution in [0.15, 0.2) is 4.52 Å². The smallest absolute Gasteiger partial charge is 0.265 e. The number of hydrogen-bond acceptors (Lipinski definition) is 4. The van der Waals surface area contributed by atoms with Gasteiger partial charge in [0.05, 0.1) is 0 Å². The van der Waals surface area contributed by atoms with Crippen molar-refractivity contribution < 1.29 is 8.91 Å². The van der Waals surface area contributed by atoms with Crippen LogP contribution in [0, 0.1) is 0 Å². The third-order valence-electron chi connectivity index (χ3n) is 2.27. The van der Waals surface area contributed by atoms with Gasteiger partial charge in [-0.2, -0.15) is 4.98 Å². The summed E-state index contributed by atoms with van der Waals surface area (Å²) in [5, 5.41) is 6.61. The monoisotopic (exact) mass is 185 g/mol. The summed E-state index contributed by atoms with van der Waals surface area (Å²) in [5.74, 6) is 0.688. The number of nitrogens with one attached hydrogen (secondary N) is 1. The summed E-state index contributed by atoms with van der Waals surface area (Å²) < 4.78 is 18.8. The van der Waals surface area contributed by atoms with E-state index < -0.39 is 5.67 Å². The summed E-state index contributed by atoms with van der Waals surface area (Å²) in [4.78, 5) is 3.99. The van der Waals surface area contributed by atoms with Gasteiger partial charge in [0.2, 0.25) is 5.67 Å². The third-order valence-corrected chi connectivity index (χ3v) is 2.27. The molecule has 1 aliphatic rings. The van der Waals surface area contributed by atoms with Crippen molar-refractivity contribution in [2.45, 2.75) is 25.4 Å². The van der Waals surface area contributed by atoms with E-state index >= 15 is 0 Å². The predicted molar refractivity (Wildman–Crippen MR) is 43.9 cm³/mol. The van der Waals surface area contributed by atoms with E-state index in [1.54, 1.807) is 0 Å². The van der Waals surface area contributed by atoms with Crippen LogP contribution in [0.3, 0.4) is 0 Å². The molecule has 0 spiro atoms. The summed E-state index contributed by atoms with van der Waals surface area (Å²) in [7, 11) is 0. The predicted octanol–water partition coefficient (Wildman–Crippen LogP) is 0.790. The molecular weight excluding hydrogens is 173 g/mol. The molecule has 2 heterocycles. The third kappa shape index (κ3) is 1.44. The van der Waals surface area contributed by atoms with E-state index in [0.29, 0.717) is 25.2 Å². The fourth-order valence-electron chi connectivity index (χ4n) is 1.42. The number of aryl methyl sites for hydroxylation is 1. The van der Waals surface area contributed by atoms with E-state index in [1.807, 2.05) is 6.92 Å². The lowest BCUT2D eigenvalue weighted by molar-refractivity contribution is 0.133. The van der Waals surface area contributed by atoms with Crippen LogP contribution in [0.5, 0.6) is 0 Å². The van der Waals surface area contributed by atoms with Crippen molar-refractivity contribution in [3.8, 4) is 0 Å². The van der Waals surface area contributed by atoms with Gasteiger partial charge in [0.15, 0.2) is 5.82 Å². The second-order valence-corrected chi connectivity index (χ2v) is 3.26. The van der Waals surface area contributed by atoms with Crippen LogP contribution < -0.4 is 5.32 Å². The number of alkyl halides is 1. The van der Waals surface area contributed by atoms with Crippen molar-refractivity contribution >= 4 is 0 Å². The lowest BCUT2D eigenvalue weighted by atomic mass is 10.1.